The molecule has 0 N–H and O–H groups in total. The first-order chi connectivity index (χ1) is 7.33. The quantitative estimate of drug-likeness (QED) is 0.571. The predicted octanol–water partition coefficient (Wildman–Crippen LogP) is 4.98. The summed E-state index contributed by atoms with van der Waals surface area (Å²) < 4.78 is 0. The number of unbranched alkanes of at least 4 members (excludes halogenated alkanes) is 4. The summed E-state index contributed by atoms with van der Waals surface area (Å²) in [6.07, 6.45) is 11.1. The normalized spacial score (nSPS) is 11.1. The van der Waals surface area contributed by atoms with E-state index >= 15 is 0 Å². The molecule has 0 atom stereocenters. The van der Waals surface area contributed by atoms with Crippen molar-refractivity contribution in [2.75, 3.05) is 0 Å². The number of aryl methyl sites for hydroxylation is 1. The summed E-state index contributed by atoms with van der Waals surface area (Å²) in [4.78, 5) is 0. The second-order valence-corrected chi connectivity index (χ2v) is 4.16. The van der Waals surface area contributed by atoms with Crippen molar-refractivity contribution in [3.8, 4) is 0 Å². The summed E-state index contributed by atoms with van der Waals surface area (Å²) in [5, 5.41) is 0. The van der Waals surface area contributed by atoms with E-state index in [2.05, 4.69) is 50.3 Å². The van der Waals surface area contributed by atoms with E-state index in [1.165, 1.54) is 43.2 Å². The van der Waals surface area contributed by atoms with Crippen LogP contribution in [0.25, 0.3) is 6.08 Å². The van der Waals surface area contributed by atoms with Gasteiger partial charge in [0.15, 0.2) is 0 Å². The van der Waals surface area contributed by atoms with Crippen LogP contribution in [-0.2, 0) is 0 Å². The van der Waals surface area contributed by atoms with Crippen molar-refractivity contribution >= 4 is 6.08 Å². The summed E-state index contributed by atoms with van der Waals surface area (Å²) >= 11 is 0. The molecular formula is C15H22. The Morgan fingerprint density at radius 2 is 1.73 bits per heavy atom. The van der Waals surface area contributed by atoms with Gasteiger partial charge >= 0.3 is 0 Å². The van der Waals surface area contributed by atoms with Crippen molar-refractivity contribution < 1.29 is 0 Å². The zero-order chi connectivity index (χ0) is 10.9. The summed E-state index contributed by atoms with van der Waals surface area (Å²) in [5.41, 5.74) is 2.64. The third-order valence-corrected chi connectivity index (χ3v) is 2.61. The SMILES string of the molecule is CCCCCC/C=C\c1ccc(C)cc1. The van der Waals surface area contributed by atoms with E-state index in [1.807, 2.05) is 0 Å². The van der Waals surface area contributed by atoms with Crippen LogP contribution in [0.3, 0.4) is 0 Å². The summed E-state index contributed by atoms with van der Waals surface area (Å²) in [5.74, 6) is 0. The fraction of sp³-hybridized carbons (Fsp3) is 0.467. The number of hydrogen-bond donors (Lipinski definition) is 0. The second kappa shape index (κ2) is 7.28. The van der Waals surface area contributed by atoms with Gasteiger partial charge in [-0.3, -0.25) is 0 Å². The monoisotopic (exact) mass is 202 g/mol. The van der Waals surface area contributed by atoms with Crippen LogP contribution in [0.15, 0.2) is 30.3 Å². The molecule has 0 amide bonds. The first-order valence-electron chi connectivity index (χ1n) is 6.06. The van der Waals surface area contributed by atoms with Crippen LogP contribution in [0.5, 0.6) is 0 Å². The zero-order valence-electron chi connectivity index (χ0n) is 10.00. The topological polar surface area (TPSA) is 0 Å². The first kappa shape index (κ1) is 12.0. The van der Waals surface area contributed by atoms with E-state index in [-0.39, 0.29) is 0 Å². The van der Waals surface area contributed by atoms with Gasteiger partial charge in [0.25, 0.3) is 0 Å². The summed E-state index contributed by atoms with van der Waals surface area (Å²) in [6, 6.07) is 8.68. The Morgan fingerprint density at radius 3 is 2.40 bits per heavy atom. The largest absolute Gasteiger partial charge is 0.0839 e. The Balaban J connectivity index is 2.23. The third-order valence-electron chi connectivity index (χ3n) is 2.61. The van der Waals surface area contributed by atoms with E-state index in [9.17, 15) is 0 Å². The molecule has 0 bridgehead atoms. The second-order valence-electron chi connectivity index (χ2n) is 4.16. The highest BCUT2D eigenvalue weighted by Gasteiger charge is 1.87. The molecule has 0 aliphatic rings. The fourth-order valence-electron chi connectivity index (χ4n) is 1.59. The lowest BCUT2D eigenvalue weighted by Gasteiger charge is -1.96. The lowest BCUT2D eigenvalue weighted by atomic mass is 10.1. The van der Waals surface area contributed by atoms with E-state index in [4.69, 9.17) is 0 Å². The minimum absolute atomic E-state index is 1.22. The number of benzene rings is 1. The van der Waals surface area contributed by atoms with Crippen LogP contribution in [0.2, 0.25) is 0 Å². The van der Waals surface area contributed by atoms with Gasteiger partial charge in [-0.1, -0.05) is 68.2 Å². The maximum atomic E-state index is 2.29. The van der Waals surface area contributed by atoms with E-state index in [1.54, 1.807) is 0 Å². The maximum absolute atomic E-state index is 2.29. The average molecular weight is 202 g/mol. The lowest BCUT2D eigenvalue weighted by Crippen LogP contribution is -1.75. The molecule has 0 spiro atoms. The highest BCUT2D eigenvalue weighted by molar-refractivity contribution is 5.49. The smallest absolute Gasteiger partial charge is 0.0260 e. The van der Waals surface area contributed by atoms with Crippen LogP contribution in [0, 0.1) is 6.92 Å². The van der Waals surface area contributed by atoms with Gasteiger partial charge in [0.2, 0.25) is 0 Å². The standard InChI is InChI=1S/C15H22/c1-3-4-5-6-7-8-9-15-12-10-14(2)11-13-15/h8-13H,3-7H2,1-2H3/b9-8-. The van der Waals surface area contributed by atoms with Crippen molar-refractivity contribution in [3.05, 3.63) is 41.5 Å². The van der Waals surface area contributed by atoms with Gasteiger partial charge in [-0.15, -0.1) is 0 Å². The van der Waals surface area contributed by atoms with Crippen LogP contribution < -0.4 is 0 Å². The fourth-order valence-corrected chi connectivity index (χ4v) is 1.59. The Hall–Kier alpha value is -1.04. The zero-order valence-corrected chi connectivity index (χ0v) is 10.00. The van der Waals surface area contributed by atoms with E-state index < -0.39 is 0 Å². The molecule has 0 radical (unpaired) electrons. The van der Waals surface area contributed by atoms with Crippen molar-refractivity contribution in [1.29, 1.82) is 0 Å². The molecule has 0 nitrogen and oxygen atoms in total. The van der Waals surface area contributed by atoms with Gasteiger partial charge < -0.3 is 0 Å². The van der Waals surface area contributed by atoms with Gasteiger partial charge in [0.1, 0.15) is 0 Å². The highest BCUT2D eigenvalue weighted by Crippen LogP contribution is 2.08. The van der Waals surface area contributed by atoms with Crippen LogP contribution in [-0.4, -0.2) is 0 Å². The Labute approximate surface area is 94.0 Å². The summed E-state index contributed by atoms with van der Waals surface area (Å²) in [7, 11) is 0. The third kappa shape index (κ3) is 5.41. The number of allylic oxidation sites excluding steroid dienone is 1. The molecule has 82 valence electrons. The van der Waals surface area contributed by atoms with Gasteiger partial charge in [0.05, 0.1) is 0 Å². The van der Waals surface area contributed by atoms with Crippen LogP contribution in [0.1, 0.15) is 50.2 Å². The van der Waals surface area contributed by atoms with Gasteiger partial charge in [-0.2, -0.15) is 0 Å². The molecule has 0 aromatic heterocycles. The molecule has 0 saturated heterocycles. The molecule has 0 heteroatoms. The molecule has 0 unspecified atom stereocenters. The van der Waals surface area contributed by atoms with Crippen molar-refractivity contribution in [2.24, 2.45) is 0 Å². The molecule has 0 aliphatic carbocycles. The van der Waals surface area contributed by atoms with Crippen molar-refractivity contribution in [1.82, 2.24) is 0 Å². The highest BCUT2D eigenvalue weighted by atomic mass is 13.9. The number of hydrogen-bond acceptors (Lipinski definition) is 0. The Morgan fingerprint density at radius 1 is 1.00 bits per heavy atom. The molecule has 0 heterocycles. The molecule has 0 fully saturated rings. The van der Waals surface area contributed by atoms with E-state index in [0.717, 1.165) is 0 Å². The molecule has 0 saturated carbocycles. The minimum atomic E-state index is 1.22. The molecular weight excluding hydrogens is 180 g/mol. The molecule has 15 heavy (non-hydrogen) atoms. The van der Waals surface area contributed by atoms with Crippen molar-refractivity contribution in [3.63, 3.8) is 0 Å². The lowest BCUT2D eigenvalue weighted by molar-refractivity contribution is 0.675. The average Bonchev–Trinajstić information content (AvgIpc) is 2.26. The number of rotatable bonds is 6. The summed E-state index contributed by atoms with van der Waals surface area (Å²) in [6.45, 7) is 4.38. The van der Waals surface area contributed by atoms with Crippen LogP contribution >= 0.6 is 0 Å². The van der Waals surface area contributed by atoms with Gasteiger partial charge in [0, 0.05) is 0 Å². The first-order valence-corrected chi connectivity index (χ1v) is 6.06. The van der Waals surface area contributed by atoms with Crippen molar-refractivity contribution in [2.45, 2.75) is 46.0 Å². The molecule has 0 aliphatic heterocycles. The molecule has 1 rings (SSSR count). The molecule has 1 aromatic carbocycles. The predicted molar refractivity (Wildman–Crippen MR) is 69.0 cm³/mol. The van der Waals surface area contributed by atoms with Gasteiger partial charge in [-0.25, -0.2) is 0 Å². The van der Waals surface area contributed by atoms with E-state index in [0.29, 0.717) is 0 Å². The van der Waals surface area contributed by atoms with Crippen LogP contribution in [0.4, 0.5) is 0 Å². The maximum Gasteiger partial charge on any atom is -0.0260 e. The Bertz CT molecular complexity index is 279. The van der Waals surface area contributed by atoms with Gasteiger partial charge in [-0.05, 0) is 25.3 Å². The Kier molecular flexibility index (Phi) is 5.84. The molecule has 1 aromatic rings. The minimum Gasteiger partial charge on any atom is -0.0839 e.